The molecule has 2 nitrogen and oxygen atoms in total. The molecule has 2 rings (SSSR count). The minimum absolute atomic E-state index is 0.00248. The third-order valence-electron chi connectivity index (χ3n) is 4.23. The summed E-state index contributed by atoms with van der Waals surface area (Å²) >= 11 is 0. The van der Waals surface area contributed by atoms with Crippen LogP contribution >= 0.6 is 0 Å². The number of hydrogen-bond donors (Lipinski definition) is 1. The Kier molecular flexibility index (Phi) is 5.14. The summed E-state index contributed by atoms with van der Waals surface area (Å²) in [4.78, 5) is 0. The van der Waals surface area contributed by atoms with Crippen molar-refractivity contribution in [3.05, 3.63) is 60.7 Å². The molecule has 1 N–H and O–H groups in total. The summed E-state index contributed by atoms with van der Waals surface area (Å²) in [5.74, 6) is 0. The first-order chi connectivity index (χ1) is 10.7. The molecule has 0 aliphatic rings. The molecule has 0 saturated heterocycles. The van der Waals surface area contributed by atoms with Crippen LogP contribution in [0.4, 0.5) is 0 Å². The Hall–Kier alpha value is -1.42. The molecule has 0 aromatic heterocycles. The monoisotopic (exact) mass is 328 g/mol. The van der Waals surface area contributed by atoms with Gasteiger partial charge in [0.05, 0.1) is 12.2 Å². The summed E-state index contributed by atoms with van der Waals surface area (Å²) in [6.45, 7) is 10.7. The lowest BCUT2D eigenvalue weighted by Gasteiger charge is -2.47. The van der Waals surface area contributed by atoms with Crippen LogP contribution in [-0.2, 0) is 4.43 Å². The van der Waals surface area contributed by atoms with Crippen molar-refractivity contribution in [3.8, 4) is 0 Å². The van der Waals surface area contributed by atoms with Gasteiger partial charge >= 0.3 is 0 Å². The first kappa shape index (κ1) is 17.9. The molecule has 0 saturated carbocycles. The van der Waals surface area contributed by atoms with E-state index in [4.69, 9.17) is 4.43 Å². The molecule has 0 amide bonds. The molecule has 0 atom stereocenters. The number of hydrogen-bond acceptors (Lipinski definition) is 2. The Bertz CT molecular complexity index is 576. The van der Waals surface area contributed by atoms with Gasteiger partial charge in [-0.25, -0.2) is 0 Å². The van der Waals surface area contributed by atoms with Gasteiger partial charge in [-0.05, 0) is 29.3 Å². The molecule has 0 aliphatic heterocycles. The van der Waals surface area contributed by atoms with Crippen LogP contribution in [0.1, 0.15) is 34.6 Å². The SMILES string of the molecule is CC(C)(CO)O[Si](c1ccccc1)(c1ccccc1)C(C)(C)C. The van der Waals surface area contributed by atoms with Gasteiger partial charge < -0.3 is 9.53 Å². The van der Waals surface area contributed by atoms with Gasteiger partial charge in [-0.1, -0.05) is 81.4 Å². The smallest absolute Gasteiger partial charge is 0.261 e. The number of benzene rings is 2. The molecule has 0 heterocycles. The molecule has 3 heteroatoms. The van der Waals surface area contributed by atoms with Crippen molar-refractivity contribution < 1.29 is 9.53 Å². The highest BCUT2D eigenvalue weighted by atomic mass is 28.4. The standard InChI is InChI=1S/C20H28O2Si/c1-19(2,3)23(22-20(4,5)16-21,17-12-8-6-9-13-17)18-14-10-7-11-15-18/h6-15,21H,16H2,1-5H3. The molecule has 2 aromatic rings. The summed E-state index contributed by atoms with van der Waals surface area (Å²) in [7, 11) is -2.57. The summed E-state index contributed by atoms with van der Waals surface area (Å²) in [6.07, 6.45) is 0. The van der Waals surface area contributed by atoms with E-state index in [0.29, 0.717) is 0 Å². The predicted octanol–water partition coefficient (Wildman–Crippen LogP) is 3.33. The lowest BCUT2D eigenvalue weighted by atomic mass is 10.2. The highest BCUT2D eigenvalue weighted by Crippen LogP contribution is 2.39. The lowest BCUT2D eigenvalue weighted by molar-refractivity contribution is 0.0324. The Labute approximate surface area is 141 Å². The fourth-order valence-electron chi connectivity index (χ4n) is 3.10. The average Bonchev–Trinajstić information content (AvgIpc) is 2.53. The Balaban J connectivity index is 2.75. The van der Waals surface area contributed by atoms with Crippen LogP contribution in [0.15, 0.2) is 60.7 Å². The van der Waals surface area contributed by atoms with Crippen molar-refractivity contribution in [2.45, 2.75) is 45.3 Å². The van der Waals surface area contributed by atoms with E-state index >= 15 is 0 Å². The van der Waals surface area contributed by atoms with Crippen LogP contribution in [0.5, 0.6) is 0 Å². The quantitative estimate of drug-likeness (QED) is 0.853. The molecule has 0 aliphatic carbocycles. The molecule has 2 aromatic carbocycles. The molecule has 0 radical (unpaired) electrons. The topological polar surface area (TPSA) is 29.5 Å². The second kappa shape index (κ2) is 6.60. The van der Waals surface area contributed by atoms with E-state index in [1.54, 1.807) is 0 Å². The van der Waals surface area contributed by atoms with E-state index in [0.717, 1.165) is 0 Å². The first-order valence-electron chi connectivity index (χ1n) is 8.15. The normalized spacial score (nSPS) is 13.1. The molecule has 0 bridgehead atoms. The lowest BCUT2D eigenvalue weighted by Crippen LogP contribution is -2.69. The molecule has 0 unspecified atom stereocenters. The maximum atomic E-state index is 9.81. The van der Waals surface area contributed by atoms with E-state index in [-0.39, 0.29) is 11.6 Å². The predicted molar refractivity (Wildman–Crippen MR) is 99.9 cm³/mol. The van der Waals surface area contributed by atoms with Crippen LogP contribution in [0.2, 0.25) is 5.04 Å². The van der Waals surface area contributed by atoms with Crippen LogP contribution < -0.4 is 10.4 Å². The van der Waals surface area contributed by atoms with Gasteiger partial charge in [0.1, 0.15) is 0 Å². The van der Waals surface area contributed by atoms with Crippen LogP contribution in [-0.4, -0.2) is 25.6 Å². The van der Waals surface area contributed by atoms with Gasteiger partial charge in [-0.15, -0.1) is 0 Å². The van der Waals surface area contributed by atoms with E-state index in [9.17, 15) is 5.11 Å². The number of aliphatic hydroxyl groups excluding tert-OH is 1. The largest absolute Gasteiger partial charge is 0.400 e. The van der Waals surface area contributed by atoms with Crippen molar-refractivity contribution in [2.24, 2.45) is 0 Å². The zero-order valence-electron chi connectivity index (χ0n) is 14.8. The summed E-state index contributed by atoms with van der Waals surface area (Å²) < 4.78 is 6.80. The van der Waals surface area contributed by atoms with Crippen molar-refractivity contribution in [1.29, 1.82) is 0 Å². The third-order valence-corrected chi connectivity index (χ3v) is 9.49. The summed E-state index contributed by atoms with van der Waals surface area (Å²) in [5, 5.41) is 12.2. The van der Waals surface area contributed by atoms with Crippen LogP contribution in [0, 0.1) is 0 Å². The highest BCUT2D eigenvalue weighted by Gasteiger charge is 2.52. The second-order valence-electron chi connectivity index (χ2n) is 7.68. The number of rotatable bonds is 5. The number of aliphatic hydroxyl groups is 1. The van der Waals surface area contributed by atoms with Gasteiger partial charge in [0.25, 0.3) is 8.32 Å². The van der Waals surface area contributed by atoms with E-state index in [1.165, 1.54) is 10.4 Å². The van der Waals surface area contributed by atoms with E-state index in [2.05, 4.69) is 69.3 Å². The maximum absolute atomic E-state index is 9.81. The highest BCUT2D eigenvalue weighted by molar-refractivity contribution is 6.99. The zero-order valence-corrected chi connectivity index (χ0v) is 15.8. The maximum Gasteiger partial charge on any atom is 0.261 e. The second-order valence-corrected chi connectivity index (χ2v) is 11.9. The zero-order chi connectivity index (χ0) is 17.1. The molecular weight excluding hydrogens is 300 g/mol. The van der Waals surface area contributed by atoms with Crippen molar-refractivity contribution in [3.63, 3.8) is 0 Å². The van der Waals surface area contributed by atoms with Crippen molar-refractivity contribution in [2.75, 3.05) is 6.61 Å². The van der Waals surface area contributed by atoms with E-state index < -0.39 is 13.9 Å². The molecule has 0 fully saturated rings. The Morgan fingerprint density at radius 2 is 1.17 bits per heavy atom. The Morgan fingerprint density at radius 3 is 1.48 bits per heavy atom. The van der Waals surface area contributed by atoms with Gasteiger partial charge in [0.15, 0.2) is 0 Å². The summed E-state index contributed by atoms with van der Waals surface area (Å²) in [5.41, 5.74) is -0.592. The van der Waals surface area contributed by atoms with Crippen molar-refractivity contribution >= 4 is 18.7 Å². The average molecular weight is 329 g/mol. The first-order valence-corrected chi connectivity index (χ1v) is 10.1. The fraction of sp³-hybridized carbons (Fsp3) is 0.400. The molecule has 124 valence electrons. The minimum atomic E-state index is -2.57. The van der Waals surface area contributed by atoms with Gasteiger partial charge in [-0.3, -0.25) is 0 Å². The van der Waals surface area contributed by atoms with Gasteiger partial charge in [0, 0.05) is 0 Å². The summed E-state index contributed by atoms with van der Waals surface area (Å²) in [6, 6.07) is 21.0. The molecule has 23 heavy (non-hydrogen) atoms. The third kappa shape index (κ3) is 3.57. The van der Waals surface area contributed by atoms with Crippen LogP contribution in [0.25, 0.3) is 0 Å². The fourth-order valence-corrected chi connectivity index (χ4v) is 7.92. The molecular formula is C20H28O2Si. The minimum Gasteiger partial charge on any atom is -0.400 e. The van der Waals surface area contributed by atoms with Crippen LogP contribution in [0.3, 0.4) is 0 Å². The van der Waals surface area contributed by atoms with Crippen molar-refractivity contribution in [1.82, 2.24) is 0 Å². The van der Waals surface area contributed by atoms with E-state index in [1.807, 2.05) is 26.0 Å². The molecule has 0 spiro atoms. The van der Waals surface area contributed by atoms with Gasteiger partial charge in [-0.2, -0.15) is 0 Å². The Morgan fingerprint density at radius 1 is 0.783 bits per heavy atom. The van der Waals surface area contributed by atoms with Gasteiger partial charge in [0.2, 0.25) is 0 Å².